The van der Waals surface area contributed by atoms with Gasteiger partial charge in [0.25, 0.3) is 0 Å². The molecule has 2 saturated heterocycles. The van der Waals surface area contributed by atoms with Gasteiger partial charge in [-0.15, -0.1) is 10.2 Å². The molecule has 7 nitrogen and oxygen atoms in total. The van der Waals surface area contributed by atoms with Crippen LogP contribution in [0.1, 0.15) is 25.0 Å². The van der Waals surface area contributed by atoms with Crippen molar-refractivity contribution < 1.29 is 13.2 Å². The van der Waals surface area contributed by atoms with Gasteiger partial charge in [0.2, 0.25) is 0 Å². The van der Waals surface area contributed by atoms with Crippen LogP contribution in [-0.2, 0) is 6.18 Å². The van der Waals surface area contributed by atoms with Gasteiger partial charge in [-0.25, -0.2) is 9.97 Å². The van der Waals surface area contributed by atoms with Gasteiger partial charge in [-0.2, -0.15) is 13.2 Å². The number of nitrogens with zero attached hydrogens (tertiary/aromatic N) is 7. The van der Waals surface area contributed by atoms with E-state index in [4.69, 9.17) is 4.98 Å². The van der Waals surface area contributed by atoms with Crippen LogP contribution < -0.4 is 9.80 Å². The van der Waals surface area contributed by atoms with Crippen molar-refractivity contribution >= 4 is 22.8 Å². The second kappa shape index (κ2) is 7.70. The van der Waals surface area contributed by atoms with E-state index in [1.165, 1.54) is 23.6 Å². The normalized spacial score (nSPS) is 18.7. The van der Waals surface area contributed by atoms with Crippen LogP contribution in [0.25, 0.3) is 10.7 Å². The maximum absolute atomic E-state index is 12.8. The molecule has 0 bridgehead atoms. The minimum atomic E-state index is -4.41. The van der Waals surface area contributed by atoms with Gasteiger partial charge in [0.1, 0.15) is 22.7 Å². The van der Waals surface area contributed by atoms with Crippen LogP contribution in [0.2, 0.25) is 0 Å². The first-order valence-corrected chi connectivity index (χ1v) is 10.9. The van der Waals surface area contributed by atoms with E-state index in [9.17, 15) is 13.2 Å². The summed E-state index contributed by atoms with van der Waals surface area (Å²) in [5.41, 5.74) is 2.47. The number of hydrogen-bond donors (Lipinski definition) is 0. The fourth-order valence-corrected chi connectivity index (χ4v) is 4.92. The lowest BCUT2D eigenvalue weighted by Crippen LogP contribution is -2.42. The molecule has 11 heteroatoms. The van der Waals surface area contributed by atoms with Crippen molar-refractivity contribution in [1.82, 2.24) is 25.1 Å². The van der Waals surface area contributed by atoms with Gasteiger partial charge in [0.05, 0.1) is 24.3 Å². The highest BCUT2D eigenvalue weighted by atomic mass is 32.1. The second-order valence-electron chi connectivity index (χ2n) is 8.06. The highest BCUT2D eigenvalue weighted by Gasteiger charge is 2.41. The van der Waals surface area contributed by atoms with Crippen molar-refractivity contribution in [2.75, 3.05) is 36.0 Å². The van der Waals surface area contributed by atoms with Crippen LogP contribution in [-0.4, -0.2) is 51.3 Å². The Balaban J connectivity index is 1.23. The molecule has 31 heavy (non-hydrogen) atoms. The number of hydrogen-bond acceptors (Lipinski definition) is 8. The lowest BCUT2D eigenvalue weighted by molar-refractivity contribution is -0.141. The highest BCUT2D eigenvalue weighted by Crippen LogP contribution is 2.42. The van der Waals surface area contributed by atoms with Crippen molar-refractivity contribution in [3.8, 4) is 10.7 Å². The van der Waals surface area contributed by atoms with Crippen molar-refractivity contribution in [2.24, 2.45) is 5.41 Å². The van der Waals surface area contributed by atoms with Crippen LogP contribution in [0.5, 0.6) is 0 Å². The largest absolute Gasteiger partial charge is 0.433 e. The number of rotatable bonds is 3. The van der Waals surface area contributed by atoms with E-state index in [1.54, 1.807) is 17.9 Å². The maximum Gasteiger partial charge on any atom is 0.433 e. The van der Waals surface area contributed by atoms with E-state index >= 15 is 0 Å². The van der Waals surface area contributed by atoms with E-state index in [0.29, 0.717) is 0 Å². The zero-order chi connectivity index (χ0) is 21.5. The molecule has 2 aliphatic heterocycles. The van der Waals surface area contributed by atoms with Crippen molar-refractivity contribution in [2.45, 2.75) is 25.4 Å². The summed E-state index contributed by atoms with van der Waals surface area (Å²) in [4.78, 5) is 17.0. The predicted molar refractivity (Wildman–Crippen MR) is 111 cm³/mol. The molecule has 0 aromatic carbocycles. The van der Waals surface area contributed by atoms with Gasteiger partial charge in [-0.3, -0.25) is 4.98 Å². The first-order valence-electron chi connectivity index (χ1n) is 10.0. The third-order valence-corrected chi connectivity index (χ3v) is 6.90. The van der Waals surface area contributed by atoms with E-state index in [0.717, 1.165) is 73.7 Å². The van der Waals surface area contributed by atoms with Gasteiger partial charge in [0, 0.05) is 26.2 Å². The van der Waals surface area contributed by atoms with Gasteiger partial charge < -0.3 is 9.80 Å². The molecule has 0 radical (unpaired) electrons. The number of piperidine rings is 1. The van der Waals surface area contributed by atoms with Crippen molar-refractivity contribution in [3.05, 3.63) is 41.9 Å². The Kier molecular flexibility index (Phi) is 4.99. The van der Waals surface area contributed by atoms with Crippen LogP contribution in [0.15, 0.2) is 36.2 Å². The van der Waals surface area contributed by atoms with Crippen LogP contribution >= 0.6 is 11.3 Å². The minimum absolute atomic E-state index is 0.170. The summed E-state index contributed by atoms with van der Waals surface area (Å²) in [6, 6.07) is 2.59. The number of aromatic nitrogens is 5. The molecule has 0 amide bonds. The summed E-state index contributed by atoms with van der Waals surface area (Å²) in [6.45, 7) is 3.41. The van der Waals surface area contributed by atoms with Crippen LogP contribution in [0, 0.1) is 5.41 Å². The van der Waals surface area contributed by atoms with Gasteiger partial charge in [0.15, 0.2) is 5.01 Å². The summed E-state index contributed by atoms with van der Waals surface area (Å²) in [5, 5.41) is 8.67. The van der Waals surface area contributed by atoms with E-state index in [1.807, 2.05) is 0 Å². The molecule has 3 aromatic rings. The predicted octanol–water partition coefficient (Wildman–Crippen LogP) is 3.91. The Morgan fingerprint density at radius 1 is 0.968 bits per heavy atom. The molecule has 5 rings (SSSR count). The Morgan fingerprint density at radius 2 is 1.74 bits per heavy atom. The molecule has 0 N–H and O–H groups in total. The summed E-state index contributed by atoms with van der Waals surface area (Å²) < 4.78 is 38.3. The summed E-state index contributed by atoms with van der Waals surface area (Å²) in [7, 11) is 0. The quantitative estimate of drug-likeness (QED) is 0.603. The molecule has 2 aliphatic rings. The minimum Gasteiger partial charge on any atom is -0.370 e. The van der Waals surface area contributed by atoms with E-state index in [-0.39, 0.29) is 5.41 Å². The fourth-order valence-electron chi connectivity index (χ4n) is 4.41. The summed E-state index contributed by atoms with van der Waals surface area (Å²) in [5.74, 6) is 0.837. The standard InChI is InChI=1S/C20H20F3N7S/c21-20(22,23)16-2-1-14(9-25-16)30-8-5-19(12-30)3-6-29(7-4-19)17-11-24-10-15(27-17)18-28-26-13-31-18/h1-2,9-11,13H,3-8,12H2. The first-order chi connectivity index (χ1) is 14.9. The first kappa shape index (κ1) is 20.1. The Morgan fingerprint density at radius 3 is 2.39 bits per heavy atom. The third-order valence-electron chi connectivity index (χ3n) is 6.19. The number of halogens is 3. The molecular weight excluding hydrogens is 427 g/mol. The molecule has 1 spiro atoms. The SMILES string of the molecule is FC(F)(F)c1ccc(N2CCC3(CCN(c4cncc(-c5nncs5)n4)CC3)C2)cn1. The lowest BCUT2D eigenvalue weighted by Gasteiger charge is -2.39. The van der Waals surface area contributed by atoms with Crippen molar-refractivity contribution in [1.29, 1.82) is 0 Å². The van der Waals surface area contributed by atoms with E-state index < -0.39 is 11.9 Å². The monoisotopic (exact) mass is 447 g/mol. The zero-order valence-corrected chi connectivity index (χ0v) is 17.4. The topological polar surface area (TPSA) is 70.9 Å². The number of alkyl halides is 3. The molecule has 0 atom stereocenters. The fraction of sp³-hybridized carbons (Fsp3) is 0.450. The van der Waals surface area contributed by atoms with Crippen LogP contribution in [0.3, 0.4) is 0 Å². The molecule has 0 aliphatic carbocycles. The maximum atomic E-state index is 12.8. The molecule has 0 saturated carbocycles. The molecule has 3 aromatic heterocycles. The van der Waals surface area contributed by atoms with E-state index in [2.05, 4.69) is 30.0 Å². The van der Waals surface area contributed by atoms with Gasteiger partial charge >= 0.3 is 6.18 Å². The van der Waals surface area contributed by atoms with Crippen LogP contribution in [0.4, 0.5) is 24.7 Å². The van der Waals surface area contributed by atoms with Gasteiger partial charge in [-0.1, -0.05) is 11.3 Å². The lowest BCUT2D eigenvalue weighted by atomic mass is 9.78. The second-order valence-corrected chi connectivity index (χ2v) is 8.90. The molecule has 5 heterocycles. The average Bonchev–Trinajstić information content (AvgIpc) is 3.45. The smallest absolute Gasteiger partial charge is 0.370 e. The number of pyridine rings is 1. The number of anilines is 2. The Labute approximate surface area is 181 Å². The Hall–Kier alpha value is -2.82. The third kappa shape index (κ3) is 4.06. The van der Waals surface area contributed by atoms with Crippen molar-refractivity contribution in [3.63, 3.8) is 0 Å². The molecular formula is C20H20F3N7S. The Bertz CT molecular complexity index is 1030. The highest BCUT2D eigenvalue weighted by molar-refractivity contribution is 7.12. The zero-order valence-electron chi connectivity index (χ0n) is 16.6. The summed E-state index contributed by atoms with van der Waals surface area (Å²) in [6.07, 6.45) is 3.43. The summed E-state index contributed by atoms with van der Waals surface area (Å²) >= 11 is 1.43. The molecule has 0 unspecified atom stereocenters. The molecule has 162 valence electrons. The van der Waals surface area contributed by atoms with Gasteiger partial charge in [-0.05, 0) is 36.8 Å². The average molecular weight is 447 g/mol. The molecule has 2 fully saturated rings.